The van der Waals surface area contributed by atoms with Crippen molar-refractivity contribution in [3.05, 3.63) is 379 Å². The van der Waals surface area contributed by atoms with Gasteiger partial charge in [-0.1, -0.05) is 284 Å². The number of fused-ring (bicyclic) bond motifs is 19. The summed E-state index contributed by atoms with van der Waals surface area (Å²) in [7, 11) is 0. The first-order valence-electron chi connectivity index (χ1n) is 39.3. The van der Waals surface area contributed by atoms with E-state index in [0.717, 1.165) is 78.0 Å². The van der Waals surface area contributed by atoms with Crippen LogP contribution in [0, 0.1) is 0 Å². The largest absolute Gasteiger partial charge is 0.309 e. The normalized spacial score (nSPS) is 14.0. The Labute approximate surface area is 650 Å². The van der Waals surface area contributed by atoms with Gasteiger partial charge < -0.3 is 13.7 Å². The standard InChI is InChI=1S/C107H75N5/c1-105(2)90-31-13-7-25-77(90)80-48-39-66(58-93(80)105)69-42-51-86-83-28-10-16-34-97(83)110(100(86)61-69)74-46-37-64(38-47-74)65-45-54-96-89(57-65)103(72-21-19-23-75(55-72)111-98-35-17-11-29-84(98)87-52-43-70(62-101(87)111)67-40-49-81-78-26-8-14-32-91(78)106(3,4)94(81)59-67)109-104(108-96)73-22-20-24-76(56-73)112-99-36-18-12-30-85(99)88-53-44-71(63-102(88)112)68-41-50-82-79-27-9-15-33-92(79)107(5,6)95(82)60-68/h7-63H,1-6H3. The third-order valence-electron chi connectivity index (χ3n) is 25.7. The van der Waals surface area contributed by atoms with Gasteiger partial charge in [-0.25, -0.2) is 9.97 Å². The van der Waals surface area contributed by atoms with Crippen molar-refractivity contribution < 1.29 is 0 Å². The highest BCUT2D eigenvalue weighted by Gasteiger charge is 2.38. The van der Waals surface area contributed by atoms with Gasteiger partial charge in [-0.05, 0) is 214 Å². The molecule has 3 aliphatic rings. The Kier molecular flexibility index (Phi) is 13.6. The minimum Gasteiger partial charge on any atom is -0.309 e. The summed E-state index contributed by atoms with van der Waals surface area (Å²) < 4.78 is 7.33. The van der Waals surface area contributed by atoms with Crippen molar-refractivity contribution in [2.24, 2.45) is 0 Å². The Bertz CT molecular complexity index is 7470. The first-order valence-corrected chi connectivity index (χ1v) is 39.3. The topological polar surface area (TPSA) is 40.6 Å². The molecular weight excluding hydrogens is 1360 g/mol. The number of hydrogen-bond acceptors (Lipinski definition) is 2. The van der Waals surface area contributed by atoms with E-state index in [2.05, 4.69) is 401 Å². The lowest BCUT2D eigenvalue weighted by molar-refractivity contribution is 0.660. The predicted molar refractivity (Wildman–Crippen MR) is 468 cm³/mol. The zero-order valence-corrected chi connectivity index (χ0v) is 63.1. The summed E-state index contributed by atoms with van der Waals surface area (Å²) in [5.41, 5.74) is 39.0. The third-order valence-corrected chi connectivity index (χ3v) is 25.7. The van der Waals surface area contributed by atoms with Crippen LogP contribution in [-0.2, 0) is 16.2 Å². The second-order valence-electron chi connectivity index (χ2n) is 32.8. The SMILES string of the molecule is CC1(C)c2ccccc2-c2ccc(-c3ccc4c5ccccc5n(-c5ccc(-c6ccc7nc(-c8cccc(-n9c%10ccccc%10c%10ccc(-c%11ccc%12c(c%11)C(C)(C)c%11ccccc%11-%12)cc%109)c8)nc(-c8cccc(-n9c%10ccccc%10c%10ccc(-c%11ccc%12c(c%11)C(C)(C)c%11ccccc%11-%12)cc%109)c8)c7c6)cc5)c4c3)cc21. The van der Waals surface area contributed by atoms with E-state index in [1.807, 2.05) is 0 Å². The number of rotatable bonds is 9. The van der Waals surface area contributed by atoms with Gasteiger partial charge in [0.1, 0.15) is 0 Å². The van der Waals surface area contributed by atoms with E-state index < -0.39 is 0 Å². The van der Waals surface area contributed by atoms with Gasteiger partial charge in [0.2, 0.25) is 0 Å². The number of hydrogen-bond donors (Lipinski definition) is 0. The maximum absolute atomic E-state index is 5.82. The predicted octanol–water partition coefficient (Wildman–Crippen LogP) is 27.8. The number of nitrogens with zero attached hydrogens (tertiary/aromatic N) is 5. The van der Waals surface area contributed by atoms with Crippen LogP contribution in [0.25, 0.3) is 194 Å². The Balaban J connectivity index is 0.662. The molecule has 0 saturated heterocycles. The minimum atomic E-state index is -0.120. The van der Waals surface area contributed by atoms with Crippen LogP contribution in [0.4, 0.5) is 0 Å². The number of aromatic nitrogens is 5. The van der Waals surface area contributed by atoms with Gasteiger partial charge >= 0.3 is 0 Å². The van der Waals surface area contributed by atoms with Crippen molar-refractivity contribution in [2.45, 2.75) is 57.8 Å². The molecule has 5 heteroatoms. The Hall–Kier alpha value is -13.7. The van der Waals surface area contributed by atoms with E-state index in [-0.39, 0.29) is 16.2 Å². The molecule has 20 aromatic rings. The maximum Gasteiger partial charge on any atom is 0.160 e. The second kappa shape index (κ2) is 23.6. The maximum atomic E-state index is 5.82. The zero-order valence-electron chi connectivity index (χ0n) is 63.1. The van der Waals surface area contributed by atoms with E-state index in [1.54, 1.807) is 0 Å². The molecule has 0 amide bonds. The summed E-state index contributed by atoms with van der Waals surface area (Å²) in [4.78, 5) is 11.4. The molecule has 0 N–H and O–H groups in total. The summed E-state index contributed by atoms with van der Waals surface area (Å²) >= 11 is 0. The van der Waals surface area contributed by atoms with Crippen LogP contribution in [0.1, 0.15) is 74.9 Å². The summed E-state index contributed by atoms with van der Waals surface area (Å²) in [5, 5.41) is 8.24. The van der Waals surface area contributed by atoms with Gasteiger partial charge in [0.15, 0.2) is 5.82 Å². The summed E-state index contributed by atoms with van der Waals surface area (Å²) in [5.74, 6) is 0.650. The van der Waals surface area contributed by atoms with E-state index in [9.17, 15) is 0 Å². The number of para-hydroxylation sites is 3. The molecule has 16 aromatic carbocycles. The van der Waals surface area contributed by atoms with Crippen molar-refractivity contribution in [3.63, 3.8) is 0 Å². The molecule has 0 unspecified atom stereocenters. The monoisotopic (exact) mass is 1430 g/mol. The molecule has 0 aliphatic heterocycles. The van der Waals surface area contributed by atoms with Gasteiger partial charge in [-0.3, -0.25) is 0 Å². The smallest absolute Gasteiger partial charge is 0.160 e. The van der Waals surface area contributed by atoms with Crippen molar-refractivity contribution in [2.75, 3.05) is 0 Å². The number of benzene rings is 16. The molecule has 5 nitrogen and oxygen atoms in total. The first-order chi connectivity index (χ1) is 54.8. The average Bonchev–Trinajstić information content (AvgIpc) is 1.59. The van der Waals surface area contributed by atoms with Crippen molar-refractivity contribution in [3.8, 4) is 118 Å². The van der Waals surface area contributed by atoms with Crippen molar-refractivity contribution in [1.29, 1.82) is 0 Å². The highest BCUT2D eigenvalue weighted by atomic mass is 15.0. The molecule has 23 rings (SSSR count). The molecule has 112 heavy (non-hydrogen) atoms. The fourth-order valence-electron chi connectivity index (χ4n) is 20.0. The quantitative estimate of drug-likeness (QED) is 0.144. The van der Waals surface area contributed by atoms with Gasteiger partial charge in [0, 0.05) is 82.1 Å². The van der Waals surface area contributed by atoms with Crippen LogP contribution in [0.15, 0.2) is 346 Å². The van der Waals surface area contributed by atoms with Crippen molar-refractivity contribution in [1.82, 2.24) is 23.7 Å². The van der Waals surface area contributed by atoms with Gasteiger partial charge in [0.25, 0.3) is 0 Å². The first kappa shape index (κ1) is 64.3. The fraction of sp³-hybridized carbons (Fsp3) is 0.0841. The highest BCUT2D eigenvalue weighted by molar-refractivity contribution is 6.13. The van der Waals surface area contributed by atoms with Gasteiger partial charge in [-0.15, -0.1) is 0 Å². The minimum absolute atomic E-state index is 0.0970. The lowest BCUT2D eigenvalue weighted by Gasteiger charge is -2.22. The second-order valence-corrected chi connectivity index (χ2v) is 32.8. The molecule has 4 heterocycles. The Morgan fingerprint density at radius 1 is 0.196 bits per heavy atom. The Morgan fingerprint density at radius 2 is 0.527 bits per heavy atom. The molecule has 3 aliphatic carbocycles. The van der Waals surface area contributed by atoms with E-state index in [4.69, 9.17) is 9.97 Å². The molecule has 0 atom stereocenters. The van der Waals surface area contributed by atoms with Crippen molar-refractivity contribution >= 4 is 76.3 Å². The zero-order chi connectivity index (χ0) is 74.6. The van der Waals surface area contributed by atoms with Crippen LogP contribution in [0.5, 0.6) is 0 Å². The fourth-order valence-corrected chi connectivity index (χ4v) is 20.0. The van der Waals surface area contributed by atoms with Crippen LogP contribution >= 0.6 is 0 Å². The molecule has 0 bridgehead atoms. The molecule has 528 valence electrons. The molecule has 0 radical (unpaired) electrons. The summed E-state index contributed by atoms with van der Waals surface area (Å²) in [6.45, 7) is 14.2. The van der Waals surface area contributed by atoms with E-state index in [1.165, 1.54) is 143 Å². The molecule has 0 saturated carbocycles. The molecule has 4 aromatic heterocycles. The Morgan fingerprint density at radius 3 is 0.973 bits per heavy atom. The van der Waals surface area contributed by atoms with Crippen LogP contribution in [0.3, 0.4) is 0 Å². The van der Waals surface area contributed by atoms with Crippen LogP contribution in [0.2, 0.25) is 0 Å². The summed E-state index contributed by atoms with van der Waals surface area (Å²) in [6, 6.07) is 129. The summed E-state index contributed by atoms with van der Waals surface area (Å²) in [6.07, 6.45) is 0. The lowest BCUT2D eigenvalue weighted by Crippen LogP contribution is -2.14. The molecular formula is C107H75N5. The molecule has 0 spiro atoms. The highest BCUT2D eigenvalue weighted by Crippen LogP contribution is 2.54. The average molecular weight is 1430 g/mol. The van der Waals surface area contributed by atoms with Crippen LogP contribution in [-0.4, -0.2) is 23.7 Å². The molecule has 0 fully saturated rings. The van der Waals surface area contributed by atoms with Crippen LogP contribution < -0.4 is 0 Å². The van der Waals surface area contributed by atoms with Gasteiger partial charge in [0.05, 0.1) is 44.3 Å². The van der Waals surface area contributed by atoms with E-state index in [0.29, 0.717) is 5.82 Å². The van der Waals surface area contributed by atoms with Gasteiger partial charge in [-0.2, -0.15) is 0 Å². The van der Waals surface area contributed by atoms with E-state index >= 15 is 0 Å². The third kappa shape index (κ3) is 9.37. The lowest BCUT2D eigenvalue weighted by atomic mass is 9.81.